The second-order valence-electron chi connectivity index (χ2n) is 6.14. The molecule has 1 saturated heterocycles. The first-order chi connectivity index (χ1) is 8.29. The quantitative estimate of drug-likeness (QED) is 0.760. The number of carbonyl (C=O) groups excluding carboxylic acids is 1. The highest BCUT2D eigenvalue weighted by Gasteiger charge is 2.35. The van der Waals surface area contributed by atoms with Crippen LogP contribution in [0.15, 0.2) is 0 Å². The molecule has 2 atom stereocenters. The molecule has 1 aliphatic heterocycles. The van der Waals surface area contributed by atoms with Gasteiger partial charge in [-0.3, -0.25) is 4.79 Å². The summed E-state index contributed by atoms with van der Waals surface area (Å²) in [6, 6.07) is -0.143. The van der Waals surface area contributed by atoms with Crippen LogP contribution in [0.1, 0.15) is 33.6 Å². The van der Waals surface area contributed by atoms with Crippen LogP contribution in [0.25, 0.3) is 0 Å². The zero-order valence-electron chi connectivity index (χ0n) is 11.9. The molecule has 0 aromatic carbocycles. The lowest BCUT2D eigenvalue weighted by molar-refractivity contribution is -0.123. The van der Waals surface area contributed by atoms with E-state index in [9.17, 15) is 4.79 Å². The van der Waals surface area contributed by atoms with Gasteiger partial charge in [0.1, 0.15) is 5.60 Å². The highest BCUT2D eigenvalue weighted by Crippen LogP contribution is 2.22. The van der Waals surface area contributed by atoms with Crippen molar-refractivity contribution in [2.45, 2.75) is 45.3 Å². The molecule has 1 heterocycles. The molecule has 0 saturated carbocycles. The number of amides is 1. The van der Waals surface area contributed by atoms with Gasteiger partial charge in [-0.25, -0.2) is 0 Å². The van der Waals surface area contributed by atoms with Crippen molar-refractivity contribution >= 4 is 5.91 Å². The number of hydrogen-bond acceptors (Lipinski definition) is 4. The summed E-state index contributed by atoms with van der Waals surface area (Å²) < 4.78 is 10.8. The third kappa shape index (κ3) is 4.23. The van der Waals surface area contributed by atoms with Gasteiger partial charge in [0.25, 0.3) is 0 Å². The van der Waals surface area contributed by atoms with E-state index in [0.29, 0.717) is 26.2 Å². The van der Waals surface area contributed by atoms with Crippen LogP contribution < -0.4 is 11.1 Å². The Morgan fingerprint density at radius 1 is 1.56 bits per heavy atom. The van der Waals surface area contributed by atoms with Crippen LogP contribution >= 0.6 is 0 Å². The van der Waals surface area contributed by atoms with Gasteiger partial charge in [0.2, 0.25) is 5.91 Å². The number of methoxy groups -OCH3 is 1. The van der Waals surface area contributed by atoms with Gasteiger partial charge in [0, 0.05) is 39.1 Å². The molecule has 18 heavy (non-hydrogen) atoms. The third-order valence-electron chi connectivity index (χ3n) is 3.63. The van der Waals surface area contributed by atoms with E-state index in [4.69, 9.17) is 15.2 Å². The molecule has 1 amide bonds. The zero-order valence-corrected chi connectivity index (χ0v) is 11.9. The Morgan fingerprint density at radius 3 is 2.67 bits per heavy atom. The van der Waals surface area contributed by atoms with Crippen molar-refractivity contribution in [3.05, 3.63) is 0 Å². The van der Waals surface area contributed by atoms with E-state index in [1.165, 1.54) is 0 Å². The first-order valence-electron chi connectivity index (χ1n) is 6.44. The van der Waals surface area contributed by atoms with Crippen molar-refractivity contribution in [3.63, 3.8) is 0 Å². The molecule has 1 rings (SSSR count). The number of nitrogens with two attached hydrogens (primary N) is 1. The second-order valence-corrected chi connectivity index (χ2v) is 6.14. The van der Waals surface area contributed by atoms with Crippen LogP contribution in [0, 0.1) is 5.41 Å². The second kappa shape index (κ2) is 5.99. The van der Waals surface area contributed by atoms with Crippen molar-refractivity contribution in [2.75, 3.05) is 26.9 Å². The standard InChI is InChI=1S/C13H26N2O3/c1-12(2,3)10(14)7-11(16)15-8-13(17-4)5-6-18-9-13/h10H,5-9,14H2,1-4H3,(H,15,16). The minimum Gasteiger partial charge on any atom is -0.378 e. The fourth-order valence-electron chi connectivity index (χ4n) is 1.80. The molecule has 5 heteroatoms. The first kappa shape index (κ1) is 15.4. The molecule has 1 aliphatic rings. The van der Waals surface area contributed by atoms with E-state index >= 15 is 0 Å². The van der Waals surface area contributed by atoms with Crippen molar-refractivity contribution in [3.8, 4) is 0 Å². The largest absolute Gasteiger partial charge is 0.378 e. The third-order valence-corrected chi connectivity index (χ3v) is 3.63. The normalized spacial score (nSPS) is 26.1. The fourth-order valence-corrected chi connectivity index (χ4v) is 1.80. The Labute approximate surface area is 109 Å². The maximum absolute atomic E-state index is 11.8. The van der Waals surface area contributed by atoms with Gasteiger partial charge in [0.05, 0.1) is 6.61 Å². The van der Waals surface area contributed by atoms with E-state index in [1.807, 2.05) is 20.8 Å². The van der Waals surface area contributed by atoms with E-state index in [2.05, 4.69) is 5.32 Å². The van der Waals surface area contributed by atoms with Gasteiger partial charge < -0.3 is 20.5 Å². The Balaban J connectivity index is 2.37. The molecule has 0 radical (unpaired) electrons. The molecule has 3 N–H and O–H groups in total. The summed E-state index contributed by atoms with van der Waals surface area (Å²) in [5.74, 6) is -0.0271. The summed E-state index contributed by atoms with van der Waals surface area (Å²) in [7, 11) is 1.65. The highest BCUT2D eigenvalue weighted by molar-refractivity contribution is 5.76. The van der Waals surface area contributed by atoms with E-state index in [0.717, 1.165) is 6.42 Å². The van der Waals surface area contributed by atoms with Gasteiger partial charge in [-0.05, 0) is 5.41 Å². The predicted molar refractivity (Wildman–Crippen MR) is 70.2 cm³/mol. The molecule has 0 spiro atoms. The van der Waals surface area contributed by atoms with Crippen LogP contribution in [0.3, 0.4) is 0 Å². The lowest BCUT2D eigenvalue weighted by atomic mass is 9.85. The molecule has 0 aromatic rings. The van der Waals surface area contributed by atoms with Crippen molar-refractivity contribution in [1.82, 2.24) is 5.32 Å². The van der Waals surface area contributed by atoms with E-state index in [1.54, 1.807) is 7.11 Å². The van der Waals surface area contributed by atoms with Crippen LogP contribution in [-0.2, 0) is 14.3 Å². The Morgan fingerprint density at radius 2 is 2.22 bits per heavy atom. The first-order valence-corrected chi connectivity index (χ1v) is 6.44. The van der Waals surface area contributed by atoms with E-state index in [-0.39, 0.29) is 23.0 Å². The average molecular weight is 258 g/mol. The number of nitrogens with one attached hydrogen (secondary N) is 1. The molecular formula is C13H26N2O3. The molecule has 5 nitrogen and oxygen atoms in total. The SMILES string of the molecule is COC1(CNC(=O)CC(N)C(C)(C)C)CCOC1. The van der Waals surface area contributed by atoms with E-state index < -0.39 is 0 Å². The lowest BCUT2D eigenvalue weighted by Gasteiger charge is -2.28. The summed E-state index contributed by atoms with van der Waals surface area (Å²) in [6.45, 7) is 7.81. The van der Waals surface area contributed by atoms with Gasteiger partial charge in [-0.2, -0.15) is 0 Å². The molecule has 0 aliphatic carbocycles. The van der Waals surface area contributed by atoms with Crippen molar-refractivity contribution < 1.29 is 14.3 Å². The average Bonchev–Trinajstić information content (AvgIpc) is 2.74. The maximum Gasteiger partial charge on any atom is 0.221 e. The molecular weight excluding hydrogens is 232 g/mol. The van der Waals surface area contributed by atoms with Gasteiger partial charge in [-0.15, -0.1) is 0 Å². The summed E-state index contributed by atoms with van der Waals surface area (Å²) in [4.78, 5) is 11.8. The molecule has 106 valence electrons. The maximum atomic E-state index is 11.8. The van der Waals surface area contributed by atoms with Crippen molar-refractivity contribution in [2.24, 2.45) is 11.1 Å². The smallest absolute Gasteiger partial charge is 0.221 e. The summed E-state index contributed by atoms with van der Waals surface area (Å²) >= 11 is 0. The fraction of sp³-hybridized carbons (Fsp3) is 0.923. The number of hydrogen-bond donors (Lipinski definition) is 2. The summed E-state index contributed by atoms with van der Waals surface area (Å²) in [5, 5.41) is 2.90. The van der Waals surface area contributed by atoms with Crippen LogP contribution in [0.4, 0.5) is 0 Å². The predicted octanol–water partition coefficient (Wildman–Crippen LogP) is 0.672. The Bertz CT molecular complexity index is 280. The number of ether oxygens (including phenoxy) is 2. The van der Waals surface area contributed by atoms with Crippen LogP contribution in [-0.4, -0.2) is 44.4 Å². The van der Waals surface area contributed by atoms with Gasteiger partial charge >= 0.3 is 0 Å². The zero-order chi connectivity index (χ0) is 13.8. The Kier molecular flexibility index (Phi) is 5.13. The summed E-state index contributed by atoms with van der Waals surface area (Å²) in [6.07, 6.45) is 1.15. The minimum atomic E-state index is -0.360. The monoisotopic (exact) mass is 258 g/mol. The molecule has 2 unspecified atom stereocenters. The Hall–Kier alpha value is -0.650. The number of rotatable bonds is 5. The van der Waals surface area contributed by atoms with Crippen molar-refractivity contribution in [1.29, 1.82) is 0 Å². The number of carbonyl (C=O) groups is 1. The summed E-state index contributed by atoms with van der Waals surface area (Å²) in [5.41, 5.74) is 5.56. The highest BCUT2D eigenvalue weighted by atomic mass is 16.5. The van der Waals surface area contributed by atoms with Crippen LogP contribution in [0.5, 0.6) is 0 Å². The molecule has 0 bridgehead atoms. The lowest BCUT2D eigenvalue weighted by Crippen LogP contribution is -2.47. The minimum absolute atomic E-state index is 0.0271. The van der Waals surface area contributed by atoms with Gasteiger partial charge in [-0.1, -0.05) is 20.8 Å². The molecule has 1 fully saturated rings. The van der Waals surface area contributed by atoms with Gasteiger partial charge in [0.15, 0.2) is 0 Å². The van der Waals surface area contributed by atoms with Crippen LogP contribution in [0.2, 0.25) is 0 Å². The topological polar surface area (TPSA) is 73.6 Å². The molecule has 0 aromatic heterocycles.